The van der Waals surface area contributed by atoms with Gasteiger partial charge in [0.25, 0.3) is 0 Å². The van der Waals surface area contributed by atoms with E-state index in [1.54, 1.807) is 7.11 Å². The number of methoxy groups -OCH3 is 1. The Hall–Kier alpha value is -1.93. The van der Waals surface area contributed by atoms with E-state index in [2.05, 4.69) is 60.7 Å². The lowest BCUT2D eigenvalue weighted by atomic mass is 9.78. The molecule has 0 radical (unpaired) electrons. The van der Waals surface area contributed by atoms with Gasteiger partial charge < -0.3 is 4.74 Å². The van der Waals surface area contributed by atoms with Gasteiger partial charge in [0.2, 0.25) is 0 Å². The summed E-state index contributed by atoms with van der Waals surface area (Å²) in [6, 6.07) is 17.7. The molecule has 0 aliphatic heterocycles. The summed E-state index contributed by atoms with van der Waals surface area (Å²) in [5, 5.41) is 0. The van der Waals surface area contributed by atoms with E-state index in [0.29, 0.717) is 24.9 Å². The molecular formula is C25H31FO. The van der Waals surface area contributed by atoms with Gasteiger partial charge in [-0.05, 0) is 72.6 Å². The number of ether oxygens (including phenoxy) is 1. The third-order valence-corrected chi connectivity index (χ3v) is 5.66. The Morgan fingerprint density at radius 2 is 1.56 bits per heavy atom. The monoisotopic (exact) mass is 366 g/mol. The molecule has 2 aromatic carbocycles. The largest absolute Gasteiger partial charge is 0.380 e. The topological polar surface area (TPSA) is 9.23 Å². The summed E-state index contributed by atoms with van der Waals surface area (Å²) in [5.41, 5.74) is 5.19. The highest BCUT2D eigenvalue weighted by atomic mass is 19.1. The van der Waals surface area contributed by atoms with Crippen molar-refractivity contribution in [1.29, 1.82) is 0 Å². The van der Waals surface area contributed by atoms with Crippen molar-refractivity contribution in [3.8, 4) is 11.1 Å². The van der Waals surface area contributed by atoms with Crippen molar-refractivity contribution in [3.05, 3.63) is 71.8 Å². The van der Waals surface area contributed by atoms with E-state index in [9.17, 15) is 4.39 Å². The molecule has 0 atom stereocenters. The molecule has 2 heteroatoms. The third-order valence-electron chi connectivity index (χ3n) is 5.66. The van der Waals surface area contributed by atoms with Crippen molar-refractivity contribution in [1.82, 2.24) is 0 Å². The van der Waals surface area contributed by atoms with Gasteiger partial charge in [0.05, 0.1) is 13.3 Å². The summed E-state index contributed by atoms with van der Waals surface area (Å²) in [6.07, 6.45) is 11.0. The lowest BCUT2D eigenvalue weighted by Crippen LogP contribution is -2.11. The van der Waals surface area contributed by atoms with E-state index in [4.69, 9.17) is 4.74 Å². The van der Waals surface area contributed by atoms with Crippen molar-refractivity contribution in [2.45, 2.75) is 51.0 Å². The number of halogens is 1. The number of hydrogen-bond acceptors (Lipinski definition) is 1. The molecule has 2 aromatic rings. The Morgan fingerprint density at radius 3 is 2.15 bits per heavy atom. The van der Waals surface area contributed by atoms with Gasteiger partial charge in [-0.25, -0.2) is 0 Å². The van der Waals surface area contributed by atoms with Crippen LogP contribution in [-0.4, -0.2) is 13.8 Å². The number of unbranched alkanes of at least 4 members (excludes halogenated alkanes) is 1. The predicted octanol–water partition coefficient (Wildman–Crippen LogP) is 7.08. The van der Waals surface area contributed by atoms with Crippen molar-refractivity contribution >= 4 is 0 Å². The van der Waals surface area contributed by atoms with Crippen molar-refractivity contribution in [2.75, 3.05) is 13.8 Å². The maximum atomic E-state index is 12.1. The summed E-state index contributed by atoms with van der Waals surface area (Å²) >= 11 is 0. The molecule has 0 spiro atoms. The van der Waals surface area contributed by atoms with E-state index in [-0.39, 0.29) is 6.67 Å². The summed E-state index contributed by atoms with van der Waals surface area (Å²) in [4.78, 5) is 0. The molecule has 1 aliphatic carbocycles. The molecule has 1 nitrogen and oxygen atoms in total. The van der Waals surface area contributed by atoms with E-state index in [1.807, 2.05) is 0 Å². The van der Waals surface area contributed by atoms with Crippen LogP contribution < -0.4 is 0 Å². The van der Waals surface area contributed by atoms with Gasteiger partial charge in [0.1, 0.15) is 0 Å². The fourth-order valence-electron chi connectivity index (χ4n) is 4.04. The SMILES string of the molecule is COCc1ccc(-c2ccc(C3CCC(/C=C/CCCF)CC3)cc2)cc1. The minimum Gasteiger partial charge on any atom is -0.380 e. The summed E-state index contributed by atoms with van der Waals surface area (Å²) in [6.45, 7) is 0.456. The van der Waals surface area contributed by atoms with Gasteiger partial charge in [-0.15, -0.1) is 0 Å². The van der Waals surface area contributed by atoms with E-state index >= 15 is 0 Å². The number of rotatable bonds is 8. The van der Waals surface area contributed by atoms with Crippen LogP contribution in [-0.2, 0) is 11.3 Å². The Morgan fingerprint density at radius 1 is 0.926 bits per heavy atom. The zero-order valence-corrected chi connectivity index (χ0v) is 16.4. The number of hydrogen-bond donors (Lipinski definition) is 0. The van der Waals surface area contributed by atoms with Crippen molar-refractivity contribution < 1.29 is 9.13 Å². The molecule has 0 bridgehead atoms. The van der Waals surface area contributed by atoms with Crippen LogP contribution in [0.1, 0.15) is 55.6 Å². The second-order valence-electron chi connectivity index (χ2n) is 7.62. The maximum Gasteiger partial charge on any atom is 0.0897 e. The zero-order chi connectivity index (χ0) is 18.9. The van der Waals surface area contributed by atoms with Gasteiger partial charge >= 0.3 is 0 Å². The number of allylic oxidation sites excluding steroid dienone is 2. The lowest BCUT2D eigenvalue weighted by molar-refractivity contribution is 0.185. The smallest absolute Gasteiger partial charge is 0.0897 e. The van der Waals surface area contributed by atoms with Crippen molar-refractivity contribution in [2.24, 2.45) is 5.92 Å². The van der Waals surface area contributed by atoms with E-state index in [1.165, 1.54) is 47.9 Å². The lowest BCUT2D eigenvalue weighted by Gasteiger charge is -2.27. The molecule has 0 saturated heterocycles. The second kappa shape index (κ2) is 10.4. The first-order valence-electron chi connectivity index (χ1n) is 10.2. The molecular weight excluding hydrogens is 335 g/mol. The molecule has 0 heterocycles. The molecule has 27 heavy (non-hydrogen) atoms. The van der Waals surface area contributed by atoms with Gasteiger partial charge in [0.15, 0.2) is 0 Å². The normalized spacial score (nSPS) is 20.2. The highest BCUT2D eigenvalue weighted by molar-refractivity contribution is 5.64. The van der Waals surface area contributed by atoms with Crippen LogP contribution in [0.15, 0.2) is 60.7 Å². The Bertz CT molecular complexity index is 694. The molecule has 144 valence electrons. The van der Waals surface area contributed by atoms with E-state index < -0.39 is 0 Å². The quantitative estimate of drug-likeness (QED) is 0.358. The van der Waals surface area contributed by atoms with Gasteiger partial charge in [0, 0.05) is 7.11 Å². The molecule has 1 fully saturated rings. The Kier molecular flexibility index (Phi) is 7.65. The molecule has 0 amide bonds. The number of benzene rings is 2. The molecule has 1 aliphatic rings. The second-order valence-corrected chi connectivity index (χ2v) is 7.62. The van der Waals surface area contributed by atoms with Crippen LogP contribution >= 0.6 is 0 Å². The fraction of sp³-hybridized carbons (Fsp3) is 0.440. The summed E-state index contributed by atoms with van der Waals surface area (Å²) < 4.78 is 17.3. The zero-order valence-electron chi connectivity index (χ0n) is 16.4. The van der Waals surface area contributed by atoms with Crippen LogP contribution in [0, 0.1) is 5.92 Å². The van der Waals surface area contributed by atoms with Crippen molar-refractivity contribution in [3.63, 3.8) is 0 Å². The minimum atomic E-state index is -0.204. The van der Waals surface area contributed by atoms with Crippen LogP contribution in [0.3, 0.4) is 0 Å². The average molecular weight is 367 g/mol. The van der Waals surface area contributed by atoms with Crippen LogP contribution in [0.4, 0.5) is 4.39 Å². The maximum absolute atomic E-state index is 12.1. The molecule has 0 unspecified atom stereocenters. The predicted molar refractivity (Wildman–Crippen MR) is 112 cm³/mol. The van der Waals surface area contributed by atoms with Gasteiger partial charge in [-0.3, -0.25) is 4.39 Å². The van der Waals surface area contributed by atoms with Crippen LogP contribution in [0.5, 0.6) is 0 Å². The standard InChI is InChI=1S/C25H31FO/c1-27-19-21-8-12-23(13-9-21)25-16-14-24(15-17-25)22-10-6-20(7-11-22)5-3-2-4-18-26/h3,5,8-9,12-17,20,22H,2,4,6-7,10-11,18-19H2,1H3/b5-3+. The summed E-state index contributed by atoms with van der Waals surface area (Å²) in [5.74, 6) is 1.37. The van der Waals surface area contributed by atoms with Crippen LogP contribution in [0.25, 0.3) is 11.1 Å². The third kappa shape index (κ3) is 5.77. The molecule has 3 rings (SSSR count). The number of alkyl halides is 1. The van der Waals surface area contributed by atoms with Crippen LogP contribution in [0.2, 0.25) is 0 Å². The highest BCUT2D eigenvalue weighted by Crippen LogP contribution is 2.37. The van der Waals surface area contributed by atoms with Gasteiger partial charge in [-0.1, -0.05) is 60.7 Å². The van der Waals surface area contributed by atoms with E-state index in [0.717, 1.165) is 6.42 Å². The highest BCUT2D eigenvalue weighted by Gasteiger charge is 2.20. The first kappa shape index (κ1) is 19.8. The minimum absolute atomic E-state index is 0.204. The Balaban J connectivity index is 1.54. The molecule has 0 aromatic heterocycles. The molecule has 0 N–H and O–H groups in total. The Labute approximate surface area is 163 Å². The first-order valence-corrected chi connectivity index (χ1v) is 10.2. The fourth-order valence-corrected chi connectivity index (χ4v) is 4.04. The summed E-state index contributed by atoms with van der Waals surface area (Å²) in [7, 11) is 1.73. The first-order chi connectivity index (χ1) is 13.3. The van der Waals surface area contributed by atoms with Gasteiger partial charge in [-0.2, -0.15) is 0 Å². The average Bonchev–Trinajstić information content (AvgIpc) is 2.73. The molecule has 1 saturated carbocycles.